The third-order valence-corrected chi connectivity index (χ3v) is 3.72. The first-order chi connectivity index (χ1) is 11.4. The van der Waals surface area contributed by atoms with Crippen molar-refractivity contribution in [2.45, 2.75) is 37.9 Å². The summed E-state index contributed by atoms with van der Waals surface area (Å²) in [6.07, 6.45) is -1.71. The lowest BCUT2D eigenvalue weighted by Gasteiger charge is -2.18. The maximum atomic E-state index is 12.8. The summed E-state index contributed by atoms with van der Waals surface area (Å²) in [5.41, 5.74) is 0.735. The van der Waals surface area contributed by atoms with E-state index in [9.17, 15) is 23.2 Å². The summed E-state index contributed by atoms with van der Waals surface area (Å²) in [6.45, 7) is 0.516. The molecule has 4 nitrogen and oxygen atoms in total. The molecular formula is C17H16F3N3O. The van der Waals surface area contributed by atoms with E-state index >= 15 is 0 Å². The predicted octanol–water partition coefficient (Wildman–Crippen LogP) is 3.82. The van der Waals surface area contributed by atoms with Crippen molar-refractivity contribution in [3.05, 3.63) is 54.1 Å². The highest BCUT2D eigenvalue weighted by atomic mass is 19.4. The minimum absolute atomic E-state index is 0.172. The van der Waals surface area contributed by atoms with Crippen LogP contribution in [0.4, 0.5) is 13.2 Å². The van der Waals surface area contributed by atoms with Crippen molar-refractivity contribution in [3.8, 4) is 6.07 Å². The lowest BCUT2D eigenvalue weighted by Crippen LogP contribution is -2.25. The fraction of sp³-hybridized carbons (Fsp3) is 0.353. The van der Waals surface area contributed by atoms with Gasteiger partial charge in [-0.3, -0.25) is 4.79 Å². The first kappa shape index (κ1) is 17.7. The quantitative estimate of drug-likeness (QED) is 0.806. The second-order valence-corrected chi connectivity index (χ2v) is 5.36. The average molecular weight is 335 g/mol. The molecule has 0 fully saturated rings. The molecule has 0 saturated heterocycles. The van der Waals surface area contributed by atoms with Crippen LogP contribution >= 0.6 is 0 Å². The molecule has 0 spiro atoms. The molecule has 1 aromatic heterocycles. The molecule has 1 aromatic carbocycles. The lowest BCUT2D eigenvalue weighted by atomic mass is 9.85. The average Bonchev–Trinajstić information content (AvgIpc) is 2.96. The van der Waals surface area contributed by atoms with Crippen molar-refractivity contribution in [1.29, 1.82) is 5.26 Å². The number of rotatable bonds is 6. The number of carbonyl (C=O) groups excluding carboxylic acids is 1. The Bertz CT molecular complexity index is 732. The number of nitriles is 1. The predicted molar refractivity (Wildman–Crippen MR) is 81.1 cm³/mol. The molecule has 126 valence electrons. The third kappa shape index (κ3) is 4.02. The Kier molecular flexibility index (Phi) is 5.39. The van der Waals surface area contributed by atoms with Crippen LogP contribution in [0.5, 0.6) is 0 Å². The summed E-state index contributed by atoms with van der Waals surface area (Å²) in [5, 5.41) is 9.38. The van der Waals surface area contributed by atoms with Crippen LogP contribution in [0, 0.1) is 11.3 Å². The van der Waals surface area contributed by atoms with E-state index in [0.29, 0.717) is 6.42 Å². The van der Waals surface area contributed by atoms with Gasteiger partial charge in [0.1, 0.15) is 12.4 Å². The molecule has 7 heteroatoms. The minimum Gasteiger partial charge on any atom is -0.324 e. The number of carbonyl (C=O) groups is 1. The van der Waals surface area contributed by atoms with Gasteiger partial charge in [-0.15, -0.1) is 0 Å². The maximum Gasteiger partial charge on any atom is 0.406 e. The molecule has 0 radical (unpaired) electrons. The summed E-state index contributed by atoms with van der Waals surface area (Å²) >= 11 is 0. The number of halogens is 3. The molecule has 0 aliphatic heterocycles. The Morgan fingerprint density at radius 2 is 2.00 bits per heavy atom. The zero-order valence-corrected chi connectivity index (χ0v) is 13.0. The van der Waals surface area contributed by atoms with E-state index in [0.717, 1.165) is 16.3 Å². The molecule has 2 aromatic rings. The van der Waals surface area contributed by atoms with Gasteiger partial charge in [0.05, 0.1) is 6.07 Å². The molecule has 2 atom stereocenters. The van der Waals surface area contributed by atoms with Crippen molar-refractivity contribution in [2.75, 3.05) is 0 Å². The van der Waals surface area contributed by atoms with E-state index in [1.807, 2.05) is 6.07 Å². The topological polar surface area (TPSA) is 58.7 Å². The first-order valence-corrected chi connectivity index (χ1v) is 7.43. The number of hydrogen-bond donors (Lipinski definition) is 0. The Hall–Kier alpha value is -2.62. The number of hydrogen-bond acceptors (Lipinski definition) is 3. The standard InChI is InChI=1S/C17H16F3N3O/c1-2-13(12-6-4-3-5-7-12)15(24)14(10-21)16-22-8-9-23(16)11-17(18,19)20/h3-9,13-14H,2,11H2,1H3/t13-,14-/m1/s1. The number of benzene rings is 1. The van der Waals surface area contributed by atoms with Crippen LogP contribution in [0.1, 0.15) is 36.6 Å². The molecule has 0 bridgehead atoms. The van der Waals surface area contributed by atoms with Crippen molar-refractivity contribution in [3.63, 3.8) is 0 Å². The van der Waals surface area contributed by atoms with Gasteiger partial charge in [-0.05, 0) is 12.0 Å². The molecule has 0 amide bonds. The van der Waals surface area contributed by atoms with Crippen molar-refractivity contribution in [2.24, 2.45) is 0 Å². The highest BCUT2D eigenvalue weighted by Crippen LogP contribution is 2.29. The fourth-order valence-corrected chi connectivity index (χ4v) is 2.64. The second kappa shape index (κ2) is 7.30. The number of imidazole rings is 1. The van der Waals surface area contributed by atoms with Gasteiger partial charge in [-0.25, -0.2) is 4.98 Å². The van der Waals surface area contributed by atoms with E-state index < -0.39 is 30.3 Å². The molecule has 2 rings (SSSR count). The molecule has 0 N–H and O–H groups in total. The molecule has 0 saturated carbocycles. The zero-order chi connectivity index (χ0) is 17.7. The normalized spacial score (nSPS) is 14.0. The third-order valence-electron chi connectivity index (χ3n) is 3.72. The van der Waals surface area contributed by atoms with Gasteiger partial charge in [-0.2, -0.15) is 18.4 Å². The van der Waals surface area contributed by atoms with Crippen LogP contribution in [0.15, 0.2) is 42.7 Å². The Morgan fingerprint density at radius 3 is 2.54 bits per heavy atom. The molecular weight excluding hydrogens is 319 g/mol. The van der Waals surface area contributed by atoms with Crippen molar-refractivity contribution in [1.82, 2.24) is 9.55 Å². The first-order valence-electron chi connectivity index (χ1n) is 7.43. The SMILES string of the molecule is CC[C@@H](C(=O)[C@@H](C#N)c1nccn1CC(F)(F)F)c1ccccc1. The van der Waals surface area contributed by atoms with Gasteiger partial charge in [0.25, 0.3) is 0 Å². The number of nitrogens with zero attached hydrogens (tertiary/aromatic N) is 3. The summed E-state index contributed by atoms with van der Waals surface area (Å²) < 4.78 is 38.7. The Labute approximate surface area is 137 Å². The number of ketones is 1. The van der Waals surface area contributed by atoms with Crippen molar-refractivity contribution >= 4 is 5.78 Å². The summed E-state index contributed by atoms with van der Waals surface area (Å²) in [5.74, 6) is -2.52. The van der Waals surface area contributed by atoms with E-state index in [4.69, 9.17) is 0 Å². The monoisotopic (exact) mass is 335 g/mol. The molecule has 1 heterocycles. The number of aromatic nitrogens is 2. The van der Waals surface area contributed by atoms with E-state index in [2.05, 4.69) is 4.98 Å². The van der Waals surface area contributed by atoms with Crippen LogP contribution in [-0.4, -0.2) is 21.5 Å². The molecule has 0 unspecified atom stereocenters. The van der Waals surface area contributed by atoms with Crippen LogP contribution in [0.3, 0.4) is 0 Å². The van der Waals surface area contributed by atoms with Crippen LogP contribution in [0.25, 0.3) is 0 Å². The van der Waals surface area contributed by atoms with Gasteiger partial charge >= 0.3 is 6.18 Å². The van der Waals surface area contributed by atoms with Gasteiger partial charge in [0.15, 0.2) is 11.7 Å². The van der Waals surface area contributed by atoms with Crippen LogP contribution in [-0.2, 0) is 11.3 Å². The molecule has 24 heavy (non-hydrogen) atoms. The van der Waals surface area contributed by atoms with Crippen LogP contribution < -0.4 is 0 Å². The van der Waals surface area contributed by atoms with E-state index in [-0.39, 0.29) is 5.82 Å². The highest BCUT2D eigenvalue weighted by molar-refractivity contribution is 5.93. The van der Waals surface area contributed by atoms with E-state index in [1.165, 1.54) is 6.20 Å². The van der Waals surface area contributed by atoms with Gasteiger partial charge in [0.2, 0.25) is 0 Å². The smallest absolute Gasteiger partial charge is 0.324 e. The summed E-state index contributed by atoms with van der Waals surface area (Å²) in [7, 11) is 0. The fourth-order valence-electron chi connectivity index (χ4n) is 2.64. The van der Waals surface area contributed by atoms with Gasteiger partial charge < -0.3 is 4.57 Å². The largest absolute Gasteiger partial charge is 0.406 e. The van der Waals surface area contributed by atoms with E-state index in [1.54, 1.807) is 37.3 Å². The number of Topliss-reactive ketones (excluding diaryl/α,β-unsaturated/α-hetero) is 1. The van der Waals surface area contributed by atoms with Gasteiger partial charge in [-0.1, -0.05) is 37.3 Å². The number of alkyl halides is 3. The zero-order valence-electron chi connectivity index (χ0n) is 13.0. The van der Waals surface area contributed by atoms with Gasteiger partial charge in [0, 0.05) is 18.3 Å². The maximum absolute atomic E-state index is 12.8. The highest BCUT2D eigenvalue weighted by Gasteiger charge is 2.34. The second-order valence-electron chi connectivity index (χ2n) is 5.36. The Morgan fingerprint density at radius 1 is 1.33 bits per heavy atom. The summed E-state index contributed by atoms with van der Waals surface area (Å²) in [6, 6.07) is 10.7. The summed E-state index contributed by atoms with van der Waals surface area (Å²) in [4.78, 5) is 16.6. The lowest BCUT2D eigenvalue weighted by molar-refractivity contribution is -0.141. The minimum atomic E-state index is -4.46. The molecule has 0 aliphatic rings. The molecule has 0 aliphatic carbocycles. The van der Waals surface area contributed by atoms with Crippen LogP contribution in [0.2, 0.25) is 0 Å². The van der Waals surface area contributed by atoms with Crippen molar-refractivity contribution < 1.29 is 18.0 Å². The Balaban J connectivity index is 2.33.